The van der Waals surface area contributed by atoms with Crippen molar-refractivity contribution in [2.24, 2.45) is 5.41 Å². The molecule has 5 rings (SSSR count). The van der Waals surface area contributed by atoms with E-state index in [0.717, 1.165) is 37.4 Å². The van der Waals surface area contributed by atoms with Gasteiger partial charge in [-0.1, -0.05) is 6.07 Å². The summed E-state index contributed by atoms with van der Waals surface area (Å²) in [6, 6.07) is 5.34. The number of hydrogen-bond donors (Lipinski definition) is 2. The third-order valence-electron chi connectivity index (χ3n) is 6.67. The highest BCUT2D eigenvalue weighted by Crippen LogP contribution is 2.41. The van der Waals surface area contributed by atoms with E-state index in [2.05, 4.69) is 21.6 Å². The molecule has 1 aromatic carbocycles. The highest BCUT2D eigenvalue weighted by atomic mass is 35.5. The van der Waals surface area contributed by atoms with Crippen LogP contribution in [0.5, 0.6) is 0 Å². The van der Waals surface area contributed by atoms with Gasteiger partial charge in [-0.2, -0.15) is 0 Å². The van der Waals surface area contributed by atoms with E-state index < -0.39 is 6.04 Å². The van der Waals surface area contributed by atoms with Gasteiger partial charge in [-0.25, -0.2) is 0 Å². The van der Waals surface area contributed by atoms with Crippen LogP contribution in [-0.2, 0) is 16.1 Å². The second kappa shape index (κ2) is 7.04. The molecule has 0 radical (unpaired) electrons. The lowest BCUT2D eigenvalue weighted by molar-refractivity contribution is -0.136. The fourth-order valence-electron chi connectivity index (χ4n) is 5.15. The number of anilines is 1. The molecule has 3 saturated heterocycles. The van der Waals surface area contributed by atoms with Gasteiger partial charge in [0, 0.05) is 54.8 Å². The number of halogens is 1. The Bertz CT molecular complexity index is 837. The second-order valence-electron chi connectivity index (χ2n) is 8.30. The van der Waals surface area contributed by atoms with Crippen LogP contribution in [0, 0.1) is 5.41 Å². The topological polar surface area (TPSA) is 81.8 Å². The second-order valence-corrected chi connectivity index (χ2v) is 8.30. The zero-order valence-electron chi connectivity index (χ0n) is 15.7. The summed E-state index contributed by atoms with van der Waals surface area (Å²) in [6.45, 7) is 4.62. The molecule has 4 aliphatic rings. The van der Waals surface area contributed by atoms with Crippen LogP contribution in [-0.4, -0.2) is 54.8 Å². The van der Waals surface area contributed by atoms with Gasteiger partial charge in [-0.05, 0) is 37.9 Å². The van der Waals surface area contributed by atoms with Gasteiger partial charge in [0.25, 0.3) is 5.91 Å². The highest BCUT2D eigenvalue weighted by molar-refractivity contribution is 6.06. The van der Waals surface area contributed by atoms with E-state index in [-0.39, 0.29) is 36.5 Å². The van der Waals surface area contributed by atoms with E-state index in [0.29, 0.717) is 23.9 Å². The number of amides is 3. The summed E-state index contributed by atoms with van der Waals surface area (Å²) in [5, 5.41) is 5.85. The van der Waals surface area contributed by atoms with Gasteiger partial charge in [0.15, 0.2) is 0 Å². The fourth-order valence-corrected chi connectivity index (χ4v) is 5.15. The van der Waals surface area contributed by atoms with Crippen LogP contribution < -0.4 is 15.5 Å². The summed E-state index contributed by atoms with van der Waals surface area (Å²) in [6.07, 6.45) is 3.07. The molecule has 0 saturated carbocycles. The first kappa shape index (κ1) is 19.2. The minimum absolute atomic E-state index is 0. The Labute approximate surface area is 170 Å². The molecule has 0 bridgehead atoms. The van der Waals surface area contributed by atoms with Crippen LogP contribution >= 0.6 is 12.4 Å². The van der Waals surface area contributed by atoms with Gasteiger partial charge in [0.2, 0.25) is 11.8 Å². The minimum atomic E-state index is -0.556. The maximum Gasteiger partial charge on any atom is 0.255 e. The zero-order chi connectivity index (χ0) is 18.6. The molecule has 2 unspecified atom stereocenters. The van der Waals surface area contributed by atoms with Crippen molar-refractivity contribution >= 4 is 35.8 Å². The maximum absolute atomic E-state index is 13.0. The standard InChI is InChI=1S/C20H24N4O3.ClH/c25-17-5-4-16(18(26)22-17)24-10-14-13(19(24)27)2-1-3-15(14)23-9-7-20(12-23)6-8-21-11-20;/h1-3,16,21H,4-12H2,(H,22,25,26);1H. The first-order valence-corrected chi connectivity index (χ1v) is 9.79. The molecule has 3 amide bonds. The van der Waals surface area contributed by atoms with Crippen molar-refractivity contribution in [3.63, 3.8) is 0 Å². The molecule has 28 heavy (non-hydrogen) atoms. The molecule has 3 fully saturated rings. The highest BCUT2D eigenvalue weighted by Gasteiger charge is 2.43. The predicted octanol–water partition coefficient (Wildman–Crippen LogP) is 1.06. The summed E-state index contributed by atoms with van der Waals surface area (Å²) in [5.74, 6) is -0.711. The third kappa shape index (κ3) is 2.97. The number of carbonyl (C=O) groups is 3. The Morgan fingerprint density at radius 2 is 2.00 bits per heavy atom. The summed E-state index contributed by atoms with van der Waals surface area (Å²) in [4.78, 5) is 40.7. The van der Waals surface area contributed by atoms with Crippen molar-refractivity contribution in [3.05, 3.63) is 29.3 Å². The average Bonchev–Trinajstić information content (AvgIpc) is 3.37. The Kier molecular flexibility index (Phi) is 4.83. The third-order valence-corrected chi connectivity index (χ3v) is 6.67. The number of benzene rings is 1. The number of carbonyl (C=O) groups excluding carboxylic acids is 3. The van der Waals surface area contributed by atoms with E-state index in [1.165, 1.54) is 12.8 Å². The van der Waals surface area contributed by atoms with E-state index >= 15 is 0 Å². The van der Waals surface area contributed by atoms with Crippen LogP contribution in [0.4, 0.5) is 5.69 Å². The van der Waals surface area contributed by atoms with Crippen molar-refractivity contribution < 1.29 is 14.4 Å². The van der Waals surface area contributed by atoms with Crippen LogP contribution in [0.2, 0.25) is 0 Å². The van der Waals surface area contributed by atoms with E-state index in [1.54, 1.807) is 4.90 Å². The fraction of sp³-hybridized carbons (Fsp3) is 0.550. The van der Waals surface area contributed by atoms with Gasteiger partial charge >= 0.3 is 0 Å². The molecule has 7 nitrogen and oxygen atoms in total. The van der Waals surface area contributed by atoms with Crippen molar-refractivity contribution in [1.82, 2.24) is 15.5 Å². The van der Waals surface area contributed by atoms with Crippen molar-refractivity contribution in [2.75, 3.05) is 31.1 Å². The molecule has 0 aromatic heterocycles. The molecular weight excluding hydrogens is 380 g/mol. The normalized spacial score (nSPS) is 29.3. The van der Waals surface area contributed by atoms with Gasteiger partial charge in [-0.3, -0.25) is 19.7 Å². The van der Waals surface area contributed by atoms with Crippen LogP contribution in [0.15, 0.2) is 18.2 Å². The Morgan fingerprint density at radius 1 is 1.14 bits per heavy atom. The summed E-state index contributed by atoms with van der Waals surface area (Å²) < 4.78 is 0. The van der Waals surface area contributed by atoms with Crippen molar-refractivity contribution in [1.29, 1.82) is 0 Å². The number of nitrogens with zero attached hydrogens (tertiary/aromatic N) is 2. The molecule has 8 heteroatoms. The van der Waals surface area contributed by atoms with Crippen LogP contribution in [0.1, 0.15) is 41.6 Å². The molecule has 2 N–H and O–H groups in total. The van der Waals surface area contributed by atoms with Crippen molar-refractivity contribution in [2.45, 2.75) is 38.3 Å². The number of rotatable bonds is 2. The molecule has 4 aliphatic heterocycles. The summed E-state index contributed by atoms with van der Waals surface area (Å²) in [5.41, 5.74) is 3.20. The van der Waals surface area contributed by atoms with E-state index in [4.69, 9.17) is 0 Å². The molecule has 1 spiro atoms. The van der Waals surface area contributed by atoms with E-state index in [1.807, 2.05) is 12.1 Å². The lowest BCUT2D eigenvalue weighted by Gasteiger charge is -2.29. The summed E-state index contributed by atoms with van der Waals surface area (Å²) in [7, 11) is 0. The van der Waals surface area contributed by atoms with Gasteiger partial charge in [-0.15, -0.1) is 12.4 Å². The number of fused-ring (bicyclic) bond motifs is 1. The molecule has 4 heterocycles. The zero-order valence-corrected chi connectivity index (χ0v) is 16.5. The maximum atomic E-state index is 13.0. The smallest absolute Gasteiger partial charge is 0.255 e. The lowest BCUT2D eigenvalue weighted by atomic mass is 9.86. The number of hydrogen-bond acceptors (Lipinski definition) is 5. The first-order chi connectivity index (χ1) is 13.1. The Balaban J connectivity index is 0.00000192. The van der Waals surface area contributed by atoms with Crippen LogP contribution in [0.3, 0.4) is 0 Å². The monoisotopic (exact) mass is 404 g/mol. The van der Waals surface area contributed by atoms with Gasteiger partial charge in [0.1, 0.15) is 6.04 Å². The number of imide groups is 1. The molecule has 2 atom stereocenters. The van der Waals surface area contributed by atoms with E-state index in [9.17, 15) is 14.4 Å². The quantitative estimate of drug-likeness (QED) is 0.720. The molecule has 0 aliphatic carbocycles. The average molecular weight is 405 g/mol. The number of nitrogens with one attached hydrogen (secondary N) is 2. The van der Waals surface area contributed by atoms with Gasteiger partial charge in [0.05, 0.1) is 0 Å². The van der Waals surface area contributed by atoms with Crippen LogP contribution in [0.25, 0.3) is 0 Å². The van der Waals surface area contributed by atoms with Crippen molar-refractivity contribution in [3.8, 4) is 0 Å². The number of piperidine rings is 1. The predicted molar refractivity (Wildman–Crippen MR) is 106 cm³/mol. The lowest BCUT2D eigenvalue weighted by Crippen LogP contribution is -2.52. The molecular formula is C20H25ClN4O3. The summed E-state index contributed by atoms with van der Waals surface area (Å²) >= 11 is 0. The SMILES string of the molecule is Cl.O=C1CCC(N2Cc3c(cccc3N3CCC4(CCNC4)C3)C2=O)C(=O)N1. The largest absolute Gasteiger partial charge is 0.371 e. The molecule has 1 aromatic rings. The Hall–Kier alpha value is -2.12. The first-order valence-electron chi connectivity index (χ1n) is 9.79. The molecule has 150 valence electrons. The Morgan fingerprint density at radius 3 is 2.75 bits per heavy atom. The minimum Gasteiger partial charge on any atom is -0.371 e. The van der Waals surface area contributed by atoms with Gasteiger partial charge < -0.3 is 15.1 Å².